The Bertz CT molecular complexity index is 628. The molecule has 0 fully saturated rings. The third-order valence-electron chi connectivity index (χ3n) is 2.44. The first-order valence-electron chi connectivity index (χ1n) is 5.13. The number of benzene rings is 1. The molecule has 1 heterocycles. The highest BCUT2D eigenvalue weighted by Crippen LogP contribution is 2.33. The van der Waals surface area contributed by atoms with Crippen molar-refractivity contribution in [2.24, 2.45) is 0 Å². The Morgan fingerprint density at radius 2 is 2.06 bits per heavy atom. The zero-order chi connectivity index (χ0) is 13.1. The molecule has 18 heavy (non-hydrogen) atoms. The maximum absolute atomic E-state index is 13.8. The van der Waals surface area contributed by atoms with Crippen LogP contribution in [0.1, 0.15) is 0 Å². The van der Waals surface area contributed by atoms with Crippen LogP contribution in [-0.2, 0) is 0 Å². The molecular formula is C12H11FN2O2S. The van der Waals surface area contributed by atoms with Gasteiger partial charge in [-0.25, -0.2) is 9.37 Å². The van der Waals surface area contributed by atoms with Gasteiger partial charge in [0.15, 0.2) is 10.6 Å². The van der Waals surface area contributed by atoms with Crippen LogP contribution in [0.15, 0.2) is 24.4 Å². The maximum Gasteiger partial charge on any atom is 0.197 e. The molecule has 2 rings (SSSR count). The number of nitrogens with one attached hydrogen (secondary N) is 1. The predicted molar refractivity (Wildman–Crippen MR) is 67.9 cm³/mol. The Kier molecular flexibility index (Phi) is 3.57. The van der Waals surface area contributed by atoms with Crippen LogP contribution in [0, 0.1) is 10.6 Å². The van der Waals surface area contributed by atoms with Crippen molar-refractivity contribution in [3.63, 3.8) is 0 Å². The fraction of sp³-hybridized carbons (Fsp3) is 0.167. The number of halogens is 1. The van der Waals surface area contributed by atoms with Gasteiger partial charge in [-0.3, -0.25) is 0 Å². The SMILES string of the molecule is COc1ccc(OC)c(-c2[nH]c(=S)ncc2F)c1. The van der Waals surface area contributed by atoms with Crippen LogP contribution < -0.4 is 9.47 Å². The van der Waals surface area contributed by atoms with Gasteiger partial charge in [-0.1, -0.05) is 0 Å². The Morgan fingerprint density at radius 3 is 2.72 bits per heavy atom. The van der Waals surface area contributed by atoms with Crippen molar-refractivity contribution in [1.29, 1.82) is 0 Å². The van der Waals surface area contributed by atoms with E-state index in [9.17, 15) is 4.39 Å². The molecule has 0 aliphatic heterocycles. The lowest BCUT2D eigenvalue weighted by Gasteiger charge is -2.10. The molecule has 0 aliphatic carbocycles. The number of aromatic amines is 1. The van der Waals surface area contributed by atoms with Gasteiger partial charge >= 0.3 is 0 Å². The van der Waals surface area contributed by atoms with E-state index in [4.69, 9.17) is 21.7 Å². The number of H-pyrrole nitrogens is 1. The van der Waals surface area contributed by atoms with Gasteiger partial charge in [0, 0.05) is 5.56 Å². The third-order valence-corrected chi connectivity index (χ3v) is 2.65. The molecule has 0 unspecified atom stereocenters. The van der Waals surface area contributed by atoms with Crippen LogP contribution in [-0.4, -0.2) is 24.2 Å². The largest absolute Gasteiger partial charge is 0.497 e. The summed E-state index contributed by atoms with van der Waals surface area (Å²) in [5.41, 5.74) is 0.758. The molecule has 0 amide bonds. The van der Waals surface area contributed by atoms with Gasteiger partial charge < -0.3 is 14.5 Å². The smallest absolute Gasteiger partial charge is 0.197 e. The minimum atomic E-state index is -0.504. The number of methoxy groups -OCH3 is 2. The minimum Gasteiger partial charge on any atom is -0.497 e. The third kappa shape index (κ3) is 2.33. The van der Waals surface area contributed by atoms with E-state index in [-0.39, 0.29) is 10.5 Å². The van der Waals surface area contributed by atoms with Crippen LogP contribution in [0.5, 0.6) is 11.5 Å². The quantitative estimate of drug-likeness (QED) is 0.868. The van der Waals surface area contributed by atoms with Gasteiger partial charge in [0.25, 0.3) is 0 Å². The molecule has 1 N–H and O–H groups in total. The molecule has 1 aromatic carbocycles. The summed E-state index contributed by atoms with van der Waals surface area (Å²) in [6, 6.07) is 5.10. The zero-order valence-corrected chi connectivity index (χ0v) is 10.7. The molecule has 0 bridgehead atoms. The van der Waals surface area contributed by atoms with Crippen LogP contribution in [0.4, 0.5) is 4.39 Å². The molecule has 0 radical (unpaired) electrons. The predicted octanol–water partition coefficient (Wildman–Crippen LogP) is 2.96. The summed E-state index contributed by atoms with van der Waals surface area (Å²) in [5, 5.41) is 0. The van der Waals surface area contributed by atoms with Gasteiger partial charge in [0.1, 0.15) is 11.5 Å². The fourth-order valence-corrected chi connectivity index (χ4v) is 1.74. The molecule has 1 aromatic heterocycles. The standard InChI is InChI=1S/C12H11FN2O2S/c1-16-7-3-4-10(17-2)8(5-7)11-9(13)6-14-12(18)15-11/h3-6H,1-2H3,(H,14,15,18). The summed E-state index contributed by atoms with van der Waals surface area (Å²) in [6.45, 7) is 0. The summed E-state index contributed by atoms with van der Waals surface area (Å²) in [6.07, 6.45) is 1.08. The van der Waals surface area contributed by atoms with Gasteiger partial charge in [-0.2, -0.15) is 0 Å². The van der Waals surface area contributed by atoms with Crippen molar-refractivity contribution in [1.82, 2.24) is 9.97 Å². The van der Waals surface area contributed by atoms with Crippen molar-refractivity contribution in [2.45, 2.75) is 0 Å². The second-order valence-electron chi connectivity index (χ2n) is 3.48. The lowest BCUT2D eigenvalue weighted by Crippen LogP contribution is -1.96. The van der Waals surface area contributed by atoms with Crippen molar-refractivity contribution in [2.75, 3.05) is 14.2 Å². The van der Waals surface area contributed by atoms with E-state index in [1.165, 1.54) is 14.2 Å². The van der Waals surface area contributed by atoms with Crippen molar-refractivity contribution in [3.8, 4) is 22.8 Å². The molecule has 4 nitrogen and oxygen atoms in total. The summed E-state index contributed by atoms with van der Waals surface area (Å²) in [5.74, 6) is 0.614. The molecule has 94 valence electrons. The summed E-state index contributed by atoms with van der Waals surface area (Å²) in [4.78, 5) is 6.39. The van der Waals surface area contributed by atoms with Crippen molar-refractivity contribution >= 4 is 12.2 Å². The summed E-state index contributed by atoms with van der Waals surface area (Å²) >= 11 is 4.89. The summed E-state index contributed by atoms with van der Waals surface area (Å²) < 4.78 is 24.3. The highest BCUT2D eigenvalue weighted by molar-refractivity contribution is 7.71. The number of hydrogen-bond donors (Lipinski definition) is 1. The summed E-state index contributed by atoms with van der Waals surface area (Å²) in [7, 11) is 3.05. The highest BCUT2D eigenvalue weighted by atomic mass is 32.1. The highest BCUT2D eigenvalue weighted by Gasteiger charge is 2.12. The number of nitrogens with zero attached hydrogens (tertiary/aromatic N) is 1. The second kappa shape index (κ2) is 5.14. The minimum absolute atomic E-state index is 0.205. The van der Waals surface area contributed by atoms with E-state index in [1.54, 1.807) is 18.2 Å². The first-order chi connectivity index (χ1) is 8.65. The zero-order valence-electron chi connectivity index (χ0n) is 9.86. The number of ether oxygens (including phenoxy) is 2. The number of rotatable bonds is 3. The number of aromatic nitrogens is 2. The molecule has 0 aliphatic rings. The molecule has 0 atom stereocenters. The van der Waals surface area contributed by atoms with Crippen LogP contribution in [0.2, 0.25) is 0 Å². The molecule has 0 spiro atoms. The number of hydrogen-bond acceptors (Lipinski definition) is 4. The van der Waals surface area contributed by atoms with Crippen LogP contribution >= 0.6 is 12.2 Å². The van der Waals surface area contributed by atoms with E-state index >= 15 is 0 Å². The van der Waals surface area contributed by atoms with Gasteiger partial charge in [0.05, 0.1) is 26.1 Å². The average Bonchev–Trinajstić information content (AvgIpc) is 2.40. The molecule has 0 saturated heterocycles. The molecule has 6 heteroatoms. The Morgan fingerprint density at radius 1 is 1.28 bits per heavy atom. The van der Waals surface area contributed by atoms with Crippen LogP contribution in [0.3, 0.4) is 0 Å². The normalized spacial score (nSPS) is 10.2. The van der Waals surface area contributed by atoms with E-state index in [0.717, 1.165) is 6.20 Å². The Balaban J connectivity index is 2.68. The van der Waals surface area contributed by atoms with Gasteiger partial charge in [-0.05, 0) is 30.4 Å². The first-order valence-corrected chi connectivity index (χ1v) is 5.53. The topological polar surface area (TPSA) is 47.1 Å². The van der Waals surface area contributed by atoms with E-state index < -0.39 is 5.82 Å². The Labute approximate surface area is 108 Å². The van der Waals surface area contributed by atoms with Crippen molar-refractivity contribution in [3.05, 3.63) is 35.0 Å². The lowest BCUT2D eigenvalue weighted by atomic mass is 10.1. The Hall–Kier alpha value is -1.95. The average molecular weight is 266 g/mol. The molecule has 2 aromatic rings. The monoisotopic (exact) mass is 266 g/mol. The lowest BCUT2D eigenvalue weighted by molar-refractivity contribution is 0.404. The van der Waals surface area contributed by atoms with Crippen molar-refractivity contribution < 1.29 is 13.9 Å². The fourth-order valence-electron chi connectivity index (χ4n) is 1.58. The maximum atomic E-state index is 13.8. The van der Waals surface area contributed by atoms with E-state index in [2.05, 4.69) is 9.97 Å². The van der Waals surface area contributed by atoms with Gasteiger partial charge in [0.2, 0.25) is 0 Å². The van der Waals surface area contributed by atoms with Gasteiger partial charge in [-0.15, -0.1) is 0 Å². The first kappa shape index (κ1) is 12.5. The van der Waals surface area contributed by atoms with E-state index in [0.29, 0.717) is 17.1 Å². The van der Waals surface area contributed by atoms with E-state index in [1.807, 2.05) is 0 Å². The second-order valence-corrected chi connectivity index (χ2v) is 3.86. The van der Waals surface area contributed by atoms with Crippen LogP contribution in [0.25, 0.3) is 11.3 Å². The molecule has 0 saturated carbocycles. The molecular weight excluding hydrogens is 255 g/mol.